The van der Waals surface area contributed by atoms with E-state index in [0.717, 1.165) is 12.3 Å². The van der Waals surface area contributed by atoms with Gasteiger partial charge in [-0.15, -0.1) is 0 Å². The smallest absolute Gasteiger partial charge is 0.124 e. The fraction of sp³-hybridized carbons (Fsp3) is 0.429. The first kappa shape index (κ1) is 16.1. The van der Waals surface area contributed by atoms with Gasteiger partial charge < -0.3 is 10.1 Å². The average molecular weight is 309 g/mol. The zero-order valence-corrected chi connectivity index (χ0v) is 14.1. The highest BCUT2D eigenvalue weighted by Crippen LogP contribution is 2.22. The van der Waals surface area contributed by atoms with Crippen LogP contribution in [0.5, 0.6) is 5.75 Å². The zero-order chi connectivity index (χ0) is 15.9. The van der Waals surface area contributed by atoms with Gasteiger partial charge in [0.15, 0.2) is 0 Å². The van der Waals surface area contributed by atoms with Crippen LogP contribution in [0.4, 0.5) is 0 Å². The number of benzene rings is 2. The Morgan fingerprint density at radius 1 is 0.913 bits per heavy atom. The van der Waals surface area contributed by atoms with Crippen LogP contribution >= 0.6 is 0 Å². The summed E-state index contributed by atoms with van der Waals surface area (Å²) in [6.07, 6.45) is 6.75. The minimum atomic E-state index is 0.632. The second kappa shape index (κ2) is 8.16. The van der Waals surface area contributed by atoms with E-state index in [0.29, 0.717) is 12.6 Å². The second-order valence-electron chi connectivity index (χ2n) is 6.54. The summed E-state index contributed by atoms with van der Waals surface area (Å²) in [6, 6.07) is 17.5. The van der Waals surface area contributed by atoms with Crippen molar-refractivity contribution in [3.8, 4) is 5.75 Å². The average Bonchev–Trinajstić information content (AvgIpc) is 2.61. The molecular weight excluding hydrogens is 282 g/mol. The van der Waals surface area contributed by atoms with Gasteiger partial charge in [0.2, 0.25) is 0 Å². The van der Waals surface area contributed by atoms with Crippen molar-refractivity contribution in [3.05, 3.63) is 65.2 Å². The molecular formula is C21H27NO. The molecule has 0 bridgehead atoms. The maximum atomic E-state index is 6.10. The summed E-state index contributed by atoms with van der Waals surface area (Å²) in [5, 5.41) is 3.71. The largest absolute Gasteiger partial charge is 0.489 e. The monoisotopic (exact) mass is 309 g/mol. The van der Waals surface area contributed by atoms with Crippen LogP contribution < -0.4 is 10.1 Å². The number of aryl methyl sites for hydroxylation is 1. The maximum absolute atomic E-state index is 6.10. The molecule has 0 amide bonds. The van der Waals surface area contributed by atoms with E-state index in [1.165, 1.54) is 48.8 Å². The number of hydrogen-bond acceptors (Lipinski definition) is 2. The zero-order valence-electron chi connectivity index (χ0n) is 14.1. The van der Waals surface area contributed by atoms with E-state index in [1.54, 1.807) is 0 Å². The molecule has 2 nitrogen and oxygen atoms in total. The van der Waals surface area contributed by atoms with Crippen molar-refractivity contribution < 1.29 is 4.74 Å². The van der Waals surface area contributed by atoms with Crippen LogP contribution in [0.15, 0.2) is 48.5 Å². The van der Waals surface area contributed by atoms with Gasteiger partial charge in [0.05, 0.1) is 0 Å². The molecule has 0 saturated heterocycles. The molecule has 0 heterocycles. The third kappa shape index (κ3) is 4.59. The Hall–Kier alpha value is -1.80. The number of para-hydroxylation sites is 1. The van der Waals surface area contributed by atoms with Gasteiger partial charge in [0.1, 0.15) is 12.4 Å². The van der Waals surface area contributed by atoms with E-state index >= 15 is 0 Å². The van der Waals surface area contributed by atoms with Crippen molar-refractivity contribution >= 4 is 0 Å². The fourth-order valence-corrected chi connectivity index (χ4v) is 3.28. The summed E-state index contributed by atoms with van der Waals surface area (Å²) in [5.74, 6) is 0.999. The first-order chi connectivity index (χ1) is 11.3. The van der Waals surface area contributed by atoms with Crippen molar-refractivity contribution in [3.63, 3.8) is 0 Å². The van der Waals surface area contributed by atoms with Crippen molar-refractivity contribution in [2.45, 2.75) is 58.2 Å². The van der Waals surface area contributed by atoms with Gasteiger partial charge >= 0.3 is 0 Å². The van der Waals surface area contributed by atoms with Crippen LogP contribution in [-0.4, -0.2) is 6.04 Å². The molecule has 0 radical (unpaired) electrons. The minimum Gasteiger partial charge on any atom is -0.489 e. The molecule has 2 aromatic carbocycles. The highest BCUT2D eigenvalue weighted by atomic mass is 16.5. The quantitative estimate of drug-likeness (QED) is 0.811. The Morgan fingerprint density at radius 3 is 2.39 bits per heavy atom. The molecule has 122 valence electrons. The van der Waals surface area contributed by atoms with Crippen LogP contribution in [0.2, 0.25) is 0 Å². The molecule has 0 atom stereocenters. The lowest BCUT2D eigenvalue weighted by atomic mass is 9.95. The van der Waals surface area contributed by atoms with Crippen molar-refractivity contribution in [1.29, 1.82) is 0 Å². The normalized spacial score (nSPS) is 15.5. The fourth-order valence-electron chi connectivity index (χ4n) is 3.28. The van der Waals surface area contributed by atoms with Gasteiger partial charge in [-0.3, -0.25) is 0 Å². The first-order valence-corrected chi connectivity index (χ1v) is 8.81. The second-order valence-corrected chi connectivity index (χ2v) is 6.54. The third-order valence-electron chi connectivity index (χ3n) is 4.80. The summed E-state index contributed by atoms with van der Waals surface area (Å²) in [6.45, 7) is 3.66. The molecule has 0 spiro atoms. The summed E-state index contributed by atoms with van der Waals surface area (Å²) in [7, 11) is 0. The summed E-state index contributed by atoms with van der Waals surface area (Å²) >= 11 is 0. The van der Waals surface area contributed by atoms with E-state index in [4.69, 9.17) is 4.74 Å². The molecule has 0 aliphatic heterocycles. The number of hydrogen-bond donors (Lipinski definition) is 1. The topological polar surface area (TPSA) is 21.3 Å². The van der Waals surface area contributed by atoms with Crippen LogP contribution in [0.3, 0.4) is 0 Å². The molecule has 0 unspecified atom stereocenters. The maximum Gasteiger partial charge on any atom is 0.124 e. The van der Waals surface area contributed by atoms with Crippen LogP contribution in [0, 0.1) is 6.92 Å². The van der Waals surface area contributed by atoms with Gasteiger partial charge in [-0.25, -0.2) is 0 Å². The van der Waals surface area contributed by atoms with Crippen LogP contribution in [0.25, 0.3) is 0 Å². The van der Waals surface area contributed by atoms with E-state index in [2.05, 4.69) is 60.8 Å². The van der Waals surface area contributed by atoms with E-state index in [9.17, 15) is 0 Å². The Labute approximate surface area is 139 Å². The Kier molecular flexibility index (Phi) is 5.71. The van der Waals surface area contributed by atoms with Gasteiger partial charge in [-0.05, 0) is 37.0 Å². The Balaban J connectivity index is 1.60. The SMILES string of the molecule is Cc1ccccc1COc1ccccc1CNC1CCCCC1. The van der Waals surface area contributed by atoms with Gasteiger partial charge in [0, 0.05) is 18.2 Å². The van der Waals surface area contributed by atoms with Gasteiger partial charge in [0.25, 0.3) is 0 Å². The minimum absolute atomic E-state index is 0.632. The molecule has 1 N–H and O–H groups in total. The van der Waals surface area contributed by atoms with Crippen LogP contribution in [0.1, 0.15) is 48.8 Å². The molecule has 2 heteroatoms. The molecule has 1 aliphatic rings. The van der Waals surface area contributed by atoms with E-state index in [-0.39, 0.29) is 0 Å². The standard InChI is InChI=1S/C21H27NO/c1-17-9-5-6-11-19(17)16-23-21-14-8-7-10-18(21)15-22-20-12-3-2-4-13-20/h5-11,14,20,22H,2-4,12-13,15-16H2,1H3. The molecule has 23 heavy (non-hydrogen) atoms. The number of ether oxygens (including phenoxy) is 1. The molecule has 1 aliphatic carbocycles. The summed E-state index contributed by atoms with van der Waals surface area (Å²) < 4.78 is 6.10. The lowest BCUT2D eigenvalue weighted by molar-refractivity contribution is 0.299. The molecule has 1 fully saturated rings. The number of rotatable bonds is 6. The predicted molar refractivity (Wildman–Crippen MR) is 95.7 cm³/mol. The van der Waals surface area contributed by atoms with Gasteiger partial charge in [-0.1, -0.05) is 61.7 Å². The Morgan fingerprint density at radius 2 is 1.61 bits per heavy atom. The predicted octanol–water partition coefficient (Wildman–Crippen LogP) is 5.00. The Bertz CT molecular complexity index is 617. The molecule has 3 rings (SSSR count). The molecule has 1 saturated carbocycles. The lowest BCUT2D eigenvalue weighted by Gasteiger charge is -2.23. The van der Waals surface area contributed by atoms with Gasteiger partial charge in [-0.2, -0.15) is 0 Å². The van der Waals surface area contributed by atoms with Crippen molar-refractivity contribution in [2.24, 2.45) is 0 Å². The molecule has 2 aromatic rings. The molecule has 0 aromatic heterocycles. The highest BCUT2D eigenvalue weighted by Gasteiger charge is 2.13. The highest BCUT2D eigenvalue weighted by molar-refractivity contribution is 5.34. The van der Waals surface area contributed by atoms with Crippen LogP contribution in [-0.2, 0) is 13.2 Å². The summed E-state index contributed by atoms with van der Waals surface area (Å²) in [4.78, 5) is 0. The van der Waals surface area contributed by atoms with E-state index < -0.39 is 0 Å². The van der Waals surface area contributed by atoms with Crippen molar-refractivity contribution in [1.82, 2.24) is 5.32 Å². The van der Waals surface area contributed by atoms with Crippen molar-refractivity contribution in [2.75, 3.05) is 0 Å². The van der Waals surface area contributed by atoms with E-state index in [1.807, 2.05) is 0 Å². The third-order valence-corrected chi connectivity index (χ3v) is 4.80. The first-order valence-electron chi connectivity index (χ1n) is 8.81. The summed E-state index contributed by atoms with van der Waals surface area (Å²) in [5.41, 5.74) is 3.79. The number of nitrogens with one attached hydrogen (secondary N) is 1. The lowest BCUT2D eigenvalue weighted by Crippen LogP contribution is -2.30.